The highest BCUT2D eigenvalue weighted by molar-refractivity contribution is 6.02. The first kappa shape index (κ1) is 34.1. The third-order valence-electron chi connectivity index (χ3n) is 6.27. The molecule has 36 heavy (non-hydrogen) atoms. The van der Waals surface area contributed by atoms with Crippen LogP contribution < -0.4 is 0 Å². The second kappa shape index (κ2) is 17.5. The van der Waals surface area contributed by atoms with Crippen LogP contribution in [0.25, 0.3) is 0 Å². The molecule has 0 spiro atoms. The van der Waals surface area contributed by atoms with Gasteiger partial charge in [0.2, 0.25) is 0 Å². The smallest absolute Gasteiger partial charge is 0.320 e. The van der Waals surface area contributed by atoms with Gasteiger partial charge in [0, 0.05) is 13.3 Å². The van der Waals surface area contributed by atoms with E-state index in [0.717, 1.165) is 38.5 Å². The number of ketones is 1. The molecule has 0 aliphatic carbocycles. The summed E-state index contributed by atoms with van der Waals surface area (Å²) >= 11 is 0. The molecule has 0 aliphatic rings. The number of ether oxygens (including phenoxy) is 3. The predicted octanol–water partition coefficient (Wildman–Crippen LogP) is 6.74. The minimum Gasteiger partial charge on any atom is -0.466 e. The van der Waals surface area contributed by atoms with Crippen molar-refractivity contribution in [3.8, 4) is 0 Å². The van der Waals surface area contributed by atoms with Gasteiger partial charge in [-0.1, -0.05) is 39.5 Å². The molecule has 0 saturated carbocycles. The number of unbranched alkanes of at least 4 members (excludes halogenated alkanes) is 3. The standard InChI is InChI=1S/C29H52O7/c1-9-34-26(32)19-12-10-11-13-20-29(23(4)30,27(33)36-28(6,7)8)21-15-18-25(35-24(5)31)17-14-16-22(2)3/h22,25H,9-21H2,1-8H3. The molecule has 0 radical (unpaired) electrons. The third kappa shape index (κ3) is 15.2. The molecule has 0 amide bonds. The van der Waals surface area contributed by atoms with Crippen molar-refractivity contribution in [1.82, 2.24) is 0 Å². The van der Waals surface area contributed by atoms with Crippen LogP contribution in [-0.4, -0.2) is 42.0 Å². The molecule has 7 nitrogen and oxygen atoms in total. The van der Waals surface area contributed by atoms with Gasteiger partial charge in [-0.25, -0.2) is 0 Å². The highest BCUT2D eigenvalue weighted by Crippen LogP contribution is 2.36. The van der Waals surface area contributed by atoms with Crippen molar-refractivity contribution in [3.63, 3.8) is 0 Å². The first-order valence-electron chi connectivity index (χ1n) is 13.8. The fraction of sp³-hybridized carbons (Fsp3) is 0.862. The van der Waals surface area contributed by atoms with E-state index in [1.165, 1.54) is 13.8 Å². The Morgan fingerprint density at radius 3 is 1.89 bits per heavy atom. The first-order chi connectivity index (χ1) is 16.7. The van der Waals surface area contributed by atoms with Gasteiger partial charge in [0.1, 0.15) is 22.9 Å². The zero-order chi connectivity index (χ0) is 27.8. The van der Waals surface area contributed by atoms with Crippen LogP contribution in [0.2, 0.25) is 0 Å². The minimum absolute atomic E-state index is 0.188. The molecule has 0 N–H and O–H groups in total. The van der Waals surface area contributed by atoms with E-state index in [9.17, 15) is 19.2 Å². The first-order valence-corrected chi connectivity index (χ1v) is 13.8. The molecule has 0 rings (SSSR count). The van der Waals surface area contributed by atoms with E-state index in [0.29, 0.717) is 51.0 Å². The van der Waals surface area contributed by atoms with E-state index in [1.807, 2.05) is 0 Å². The zero-order valence-electron chi connectivity index (χ0n) is 24.2. The molecule has 0 aliphatic heterocycles. The summed E-state index contributed by atoms with van der Waals surface area (Å²) in [7, 11) is 0. The van der Waals surface area contributed by atoms with Crippen LogP contribution in [0, 0.1) is 11.3 Å². The van der Waals surface area contributed by atoms with Gasteiger partial charge in [-0.05, 0) is 85.5 Å². The van der Waals surface area contributed by atoms with Gasteiger partial charge >= 0.3 is 17.9 Å². The van der Waals surface area contributed by atoms with Gasteiger partial charge in [-0.3, -0.25) is 19.2 Å². The van der Waals surface area contributed by atoms with Crippen LogP contribution >= 0.6 is 0 Å². The van der Waals surface area contributed by atoms with E-state index >= 15 is 0 Å². The van der Waals surface area contributed by atoms with Crippen molar-refractivity contribution in [2.24, 2.45) is 11.3 Å². The summed E-state index contributed by atoms with van der Waals surface area (Å²) in [6.45, 7) is 14.8. The maximum atomic E-state index is 13.3. The summed E-state index contributed by atoms with van der Waals surface area (Å²) in [4.78, 5) is 49.4. The number of hydrogen-bond acceptors (Lipinski definition) is 7. The quantitative estimate of drug-likeness (QED) is 0.0818. The Hall–Kier alpha value is -1.92. The van der Waals surface area contributed by atoms with Crippen LogP contribution in [-0.2, 0) is 33.4 Å². The highest BCUT2D eigenvalue weighted by Gasteiger charge is 2.45. The Labute approximate surface area is 219 Å². The molecule has 0 saturated heterocycles. The fourth-order valence-corrected chi connectivity index (χ4v) is 4.37. The van der Waals surface area contributed by atoms with Gasteiger partial charge in [0.05, 0.1) is 6.61 Å². The van der Waals surface area contributed by atoms with Crippen LogP contribution in [0.1, 0.15) is 132 Å². The average Bonchev–Trinajstić information content (AvgIpc) is 2.72. The van der Waals surface area contributed by atoms with Crippen molar-refractivity contribution in [2.45, 2.75) is 144 Å². The minimum atomic E-state index is -1.22. The van der Waals surface area contributed by atoms with Gasteiger partial charge in [0.15, 0.2) is 0 Å². The van der Waals surface area contributed by atoms with Gasteiger partial charge < -0.3 is 14.2 Å². The molecule has 7 heteroatoms. The Morgan fingerprint density at radius 1 is 0.778 bits per heavy atom. The van der Waals surface area contributed by atoms with Gasteiger partial charge in [-0.2, -0.15) is 0 Å². The molecule has 0 aromatic rings. The molecule has 2 unspecified atom stereocenters. The van der Waals surface area contributed by atoms with E-state index in [2.05, 4.69) is 13.8 Å². The monoisotopic (exact) mass is 512 g/mol. The third-order valence-corrected chi connectivity index (χ3v) is 6.27. The summed E-state index contributed by atoms with van der Waals surface area (Å²) in [5.41, 5.74) is -1.92. The second-order valence-electron chi connectivity index (χ2n) is 11.3. The van der Waals surface area contributed by atoms with Gasteiger partial charge in [-0.15, -0.1) is 0 Å². The summed E-state index contributed by atoms with van der Waals surface area (Å²) in [5, 5.41) is 0. The molecule has 0 heterocycles. The van der Waals surface area contributed by atoms with Crippen LogP contribution in [0.4, 0.5) is 0 Å². The lowest BCUT2D eigenvalue weighted by Crippen LogP contribution is -2.43. The topological polar surface area (TPSA) is 96.0 Å². The van der Waals surface area contributed by atoms with E-state index in [-0.39, 0.29) is 23.8 Å². The Balaban J connectivity index is 5.24. The van der Waals surface area contributed by atoms with E-state index < -0.39 is 17.0 Å². The lowest BCUT2D eigenvalue weighted by atomic mass is 9.74. The van der Waals surface area contributed by atoms with Crippen LogP contribution in [0.5, 0.6) is 0 Å². The van der Waals surface area contributed by atoms with E-state index in [4.69, 9.17) is 14.2 Å². The number of rotatable bonds is 19. The number of Topliss-reactive ketones (excluding diaryl/α,β-unsaturated/α-hetero) is 1. The predicted molar refractivity (Wildman–Crippen MR) is 141 cm³/mol. The SMILES string of the molecule is CCOC(=O)CCCCCCC(CCCC(CCCC(C)C)OC(C)=O)(C(C)=O)C(=O)OC(C)(C)C. The summed E-state index contributed by atoms with van der Waals surface area (Å²) in [6.07, 6.45) is 7.96. The molecule has 0 aromatic carbocycles. The zero-order valence-corrected chi connectivity index (χ0v) is 24.2. The Morgan fingerprint density at radius 2 is 1.36 bits per heavy atom. The number of carbonyl (C=O) groups is 4. The van der Waals surface area contributed by atoms with E-state index in [1.54, 1.807) is 27.7 Å². The fourth-order valence-electron chi connectivity index (χ4n) is 4.37. The normalized spacial score (nSPS) is 14.1. The summed E-state index contributed by atoms with van der Waals surface area (Å²) in [5.74, 6) is -0.583. The molecule has 210 valence electrons. The average molecular weight is 513 g/mol. The van der Waals surface area contributed by atoms with Crippen molar-refractivity contribution < 1.29 is 33.4 Å². The number of esters is 3. The summed E-state index contributed by atoms with van der Waals surface area (Å²) < 4.78 is 16.2. The van der Waals surface area contributed by atoms with Crippen molar-refractivity contribution in [1.29, 1.82) is 0 Å². The largest absolute Gasteiger partial charge is 0.466 e. The van der Waals surface area contributed by atoms with Gasteiger partial charge in [0.25, 0.3) is 0 Å². The van der Waals surface area contributed by atoms with Crippen LogP contribution in [0.3, 0.4) is 0 Å². The van der Waals surface area contributed by atoms with Crippen molar-refractivity contribution in [3.05, 3.63) is 0 Å². The molecule has 0 bridgehead atoms. The van der Waals surface area contributed by atoms with Crippen molar-refractivity contribution in [2.75, 3.05) is 6.61 Å². The number of carbonyl (C=O) groups excluding carboxylic acids is 4. The Kier molecular flexibility index (Phi) is 16.6. The molecular weight excluding hydrogens is 460 g/mol. The second-order valence-corrected chi connectivity index (χ2v) is 11.3. The van der Waals surface area contributed by atoms with Crippen LogP contribution in [0.15, 0.2) is 0 Å². The maximum Gasteiger partial charge on any atom is 0.320 e. The number of hydrogen-bond donors (Lipinski definition) is 0. The summed E-state index contributed by atoms with van der Waals surface area (Å²) in [6, 6.07) is 0. The van der Waals surface area contributed by atoms with Crippen molar-refractivity contribution >= 4 is 23.7 Å². The Bertz CT molecular complexity index is 678. The lowest BCUT2D eigenvalue weighted by Gasteiger charge is -2.33. The lowest BCUT2D eigenvalue weighted by molar-refractivity contribution is -0.171. The molecular formula is C29H52O7. The highest BCUT2D eigenvalue weighted by atomic mass is 16.6. The maximum absolute atomic E-state index is 13.3. The molecule has 0 fully saturated rings. The molecule has 0 aromatic heterocycles. The molecule has 2 atom stereocenters.